The largest absolute Gasteiger partial charge is 0.444 e. The summed E-state index contributed by atoms with van der Waals surface area (Å²) in [5, 5.41) is 0. The predicted octanol–water partition coefficient (Wildman–Crippen LogP) is 4.07. The van der Waals surface area contributed by atoms with Crippen LogP contribution in [0, 0.1) is 11.8 Å². The highest BCUT2D eigenvalue weighted by Gasteiger charge is 2.10. The van der Waals surface area contributed by atoms with E-state index in [1.165, 1.54) is 6.92 Å². The van der Waals surface area contributed by atoms with Gasteiger partial charge in [-0.25, -0.2) is 0 Å². The molecule has 3 heteroatoms. The van der Waals surface area contributed by atoms with Gasteiger partial charge in [0.2, 0.25) is 0 Å². The molecule has 0 aliphatic carbocycles. The van der Waals surface area contributed by atoms with E-state index >= 15 is 0 Å². The molecule has 0 heterocycles. The van der Waals surface area contributed by atoms with E-state index in [-0.39, 0.29) is 5.97 Å². The lowest BCUT2D eigenvalue weighted by Gasteiger charge is -2.10. The fourth-order valence-corrected chi connectivity index (χ4v) is 2.02. The summed E-state index contributed by atoms with van der Waals surface area (Å²) >= 11 is 0. The van der Waals surface area contributed by atoms with E-state index in [4.69, 9.17) is 9.47 Å². The quantitative estimate of drug-likeness (QED) is 0.457. The second-order valence-corrected chi connectivity index (χ2v) is 5.09. The van der Waals surface area contributed by atoms with Gasteiger partial charge in [-0.05, 0) is 17.6 Å². The van der Waals surface area contributed by atoms with Gasteiger partial charge in [-0.2, -0.15) is 0 Å². The van der Waals surface area contributed by atoms with Crippen LogP contribution in [0.5, 0.6) is 0 Å². The molecule has 2 aromatic carbocycles. The Morgan fingerprint density at radius 3 is 2.42 bits per heavy atom. The lowest BCUT2D eigenvalue weighted by atomic mass is 10.1. The van der Waals surface area contributed by atoms with Crippen molar-refractivity contribution >= 4 is 5.97 Å². The van der Waals surface area contributed by atoms with E-state index in [1.54, 1.807) is 6.08 Å². The van der Waals surface area contributed by atoms with E-state index < -0.39 is 6.10 Å². The van der Waals surface area contributed by atoms with Gasteiger partial charge < -0.3 is 9.47 Å². The zero-order valence-corrected chi connectivity index (χ0v) is 13.6. The Labute approximate surface area is 142 Å². The highest BCUT2D eigenvalue weighted by molar-refractivity contribution is 5.66. The van der Waals surface area contributed by atoms with Crippen LogP contribution < -0.4 is 0 Å². The number of allylic oxidation sites excluding steroid dienone is 1. The van der Waals surface area contributed by atoms with Crippen molar-refractivity contribution in [1.29, 1.82) is 0 Å². The van der Waals surface area contributed by atoms with Crippen molar-refractivity contribution in [2.24, 2.45) is 0 Å². The number of rotatable bonds is 6. The fraction of sp³-hybridized carbons (Fsp3) is 0.190. The predicted molar refractivity (Wildman–Crippen MR) is 94.0 cm³/mol. The molecule has 0 aromatic heterocycles. The van der Waals surface area contributed by atoms with Crippen molar-refractivity contribution in [2.45, 2.75) is 19.6 Å². The van der Waals surface area contributed by atoms with E-state index in [0.717, 1.165) is 11.1 Å². The molecule has 0 saturated heterocycles. The van der Waals surface area contributed by atoms with Gasteiger partial charge in [-0.15, -0.1) is 0 Å². The summed E-state index contributed by atoms with van der Waals surface area (Å²) in [7, 11) is 0. The highest BCUT2D eigenvalue weighted by Crippen LogP contribution is 2.16. The first-order valence-corrected chi connectivity index (χ1v) is 7.75. The standard InChI is InChI=1S/C21H20O3/c1-18(22)24-21(20-13-7-3-8-14-20)15-9-4-10-16-23-17-19-11-5-2-6-12-19/h2-8,10-14,21H,16-17H2,1H3/b10-4-. The number of hydrogen-bond acceptors (Lipinski definition) is 3. The van der Waals surface area contributed by atoms with Gasteiger partial charge in [0.15, 0.2) is 6.10 Å². The van der Waals surface area contributed by atoms with Crippen molar-refractivity contribution < 1.29 is 14.3 Å². The maximum absolute atomic E-state index is 11.2. The number of ether oxygens (including phenoxy) is 2. The van der Waals surface area contributed by atoms with Crippen LogP contribution in [0.3, 0.4) is 0 Å². The lowest BCUT2D eigenvalue weighted by Crippen LogP contribution is -2.06. The van der Waals surface area contributed by atoms with Gasteiger partial charge >= 0.3 is 5.97 Å². The third kappa shape index (κ3) is 6.51. The first-order valence-electron chi connectivity index (χ1n) is 7.75. The topological polar surface area (TPSA) is 35.5 Å². The third-order valence-corrected chi connectivity index (χ3v) is 3.13. The first-order chi connectivity index (χ1) is 11.8. The van der Waals surface area contributed by atoms with Crippen molar-refractivity contribution in [2.75, 3.05) is 6.61 Å². The lowest BCUT2D eigenvalue weighted by molar-refractivity contribution is -0.144. The molecule has 2 aromatic rings. The molecule has 0 aliphatic rings. The molecule has 0 N–H and O–H groups in total. The van der Waals surface area contributed by atoms with E-state index in [1.807, 2.05) is 66.7 Å². The van der Waals surface area contributed by atoms with Crippen LogP contribution >= 0.6 is 0 Å². The molecule has 3 nitrogen and oxygen atoms in total. The van der Waals surface area contributed by atoms with Crippen LogP contribution in [0.1, 0.15) is 24.2 Å². The molecule has 2 rings (SSSR count). The molecule has 0 saturated carbocycles. The second kappa shape index (κ2) is 10.0. The SMILES string of the molecule is CC(=O)OC(C#C/C=C\COCc1ccccc1)c1ccccc1. The molecular formula is C21H20O3. The van der Waals surface area contributed by atoms with Gasteiger partial charge in [-0.3, -0.25) is 4.79 Å². The number of carbonyl (C=O) groups excluding carboxylic acids is 1. The number of esters is 1. The summed E-state index contributed by atoms with van der Waals surface area (Å²) in [4.78, 5) is 11.2. The third-order valence-electron chi connectivity index (χ3n) is 3.13. The molecule has 122 valence electrons. The Balaban J connectivity index is 1.83. The minimum Gasteiger partial charge on any atom is -0.444 e. The molecular weight excluding hydrogens is 300 g/mol. The summed E-state index contributed by atoms with van der Waals surface area (Å²) in [5.74, 6) is 5.49. The summed E-state index contributed by atoms with van der Waals surface area (Å²) in [5.41, 5.74) is 1.99. The number of carbonyl (C=O) groups is 1. The van der Waals surface area contributed by atoms with Gasteiger partial charge in [0.05, 0.1) is 13.2 Å². The van der Waals surface area contributed by atoms with Crippen molar-refractivity contribution in [1.82, 2.24) is 0 Å². The van der Waals surface area contributed by atoms with Crippen LogP contribution in [0.25, 0.3) is 0 Å². The molecule has 0 aliphatic heterocycles. The second-order valence-electron chi connectivity index (χ2n) is 5.09. The average molecular weight is 320 g/mol. The van der Waals surface area contributed by atoms with Gasteiger partial charge in [0, 0.05) is 12.5 Å². The highest BCUT2D eigenvalue weighted by atomic mass is 16.5. The monoisotopic (exact) mass is 320 g/mol. The summed E-state index contributed by atoms with van der Waals surface area (Å²) in [6, 6.07) is 19.4. The number of benzene rings is 2. The molecule has 1 unspecified atom stereocenters. The molecule has 0 fully saturated rings. The Morgan fingerprint density at radius 2 is 1.75 bits per heavy atom. The summed E-state index contributed by atoms with van der Waals surface area (Å²) in [6.07, 6.45) is 2.99. The number of hydrogen-bond donors (Lipinski definition) is 0. The zero-order valence-electron chi connectivity index (χ0n) is 13.6. The molecule has 0 spiro atoms. The normalized spacial score (nSPS) is 11.5. The van der Waals surface area contributed by atoms with Gasteiger partial charge in [0.1, 0.15) is 0 Å². The van der Waals surface area contributed by atoms with E-state index in [9.17, 15) is 4.79 Å². The smallest absolute Gasteiger partial charge is 0.304 e. The Kier molecular flexibility index (Phi) is 7.33. The average Bonchev–Trinajstić information content (AvgIpc) is 2.61. The molecule has 0 amide bonds. The Hall–Kier alpha value is -2.83. The maximum atomic E-state index is 11.2. The minimum absolute atomic E-state index is 0.353. The Morgan fingerprint density at radius 1 is 1.08 bits per heavy atom. The first kappa shape index (κ1) is 17.5. The zero-order chi connectivity index (χ0) is 17.0. The van der Waals surface area contributed by atoms with Crippen LogP contribution in [0.15, 0.2) is 72.8 Å². The summed E-state index contributed by atoms with van der Waals surface area (Å²) in [6.45, 7) is 2.43. The Bertz CT molecular complexity index is 709. The van der Waals surface area contributed by atoms with Crippen LogP contribution in [-0.4, -0.2) is 12.6 Å². The molecule has 24 heavy (non-hydrogen) atoms. The fourth-order valence-electron chi connectivity index (χ4n) is 2.02. The van der Waals surface area contributed by atoms with Gasteiger partial charge in [0.25, 0.3) is 0 Å². The van der Waals surface area contributed by atoms with E-state index in [0.29, 0.717) is 13.2 Å². The van der Waals surface area contributed by atoms with E-state index in [2.05, 4.69) is 11.8 Å². The molecule has 0 bridgehead atoms. The molecule has 0 radical (unpaired) electrons. The van der Waals surface area contributed by atoms with Crippen LogP contribution in [-0.2, 0) is 20.9 Å². The van der Waals surface area contributed by atoms with Crippen molar-refractivity contribution in [3.8, 4) is 11.8 Å². The summed E-state index contributed by atoms with van der Waals surface area (Å²) < 4.78 is 10.8. The van der Waals surface area contributed by atoms with Crippen molar-refractivity contribution in [3.05, 3.63) is 83.9 Å². The minimum atomic E-state index is -0.557. The van der Waals surface area contributed by atoms with Crippen LogP contribution in [0.2, 0.25) is 0 Å². The van der Waals surface area contributed by atoms with Crippen LogP contribution in [0.4, 0.5) is 0 Å². The van der Waals surface area contributed by atoms with Gasteiger partial charge in [-0.1, -0.05) is 72.7 Å². The molecule has 1 atom stereocenters. The maximum Gasteiger partial charge on any atom is 0.304 e. The van der Waals surface area contributed by atoms with Crippen molar-refractivity contribution in [3.63, 3.8) is 0 Å².